The van der Waals surface area contributed by atoms with E-state index in [1.807, 2.05) is 24.3 Å². The summed E-state index contributed by atoms with van der Waals surface area (Å²) < 4.78 is 29.1. The highest BCUT2D eigenvalue weighted by Crippen LogP contribution is 2.34. The molecule has 1 N–H and O–H groups in total. The fourth-order valence-electron chi connectivity index (χ4n) is 2.25. The molecule has 6 heteroatoms. The number of benzene rings is 1. The number of nitrogens with one attached hydrogen (secondary N) is 1. The van der Waals surface area contributed by atoms with Crippen LogP contribution in [0.25, 0.3) is 0 Å². The zero-order valence-corrected chi connectivity index (χ0v) is 11.7. The fraction of sp³-hybridized carbons (Fsp3) is 0.214. The minimum Gasteiger partial charge on any atom is -0.491 e. The lowest BCUT2D eigenvalue weighted by atomic mass is 10.1. The van der Waals surface area contributed by atoms with Crippen molar-refractivity contribution in [3.8, 4) is 5.75 Å². The minimum absolute atomic E-state index is 0.0957. The molecule has 1 atom stereocenters. The molecule has 1 unspecified atom stereocenters. The topological polar surface area (TPSA) is 68.3 Å². The summed E-state index contributed by atoms with van der Waals surface area (Å²) in [5.74, 6) is 1.18. The fourth-order valence-corrected chi connectivity index (χ4v) is 3.03. The van der Waals surface area contributed by atoms with Gasteiger partial charge in [-0.15, -0.1) is 0 Å². The third-order valence-electron chi connectivity index (χ3n) is 3.18. The Morgan fingerprint density at radius 1 is 1.25 bits per heavy atom. The number of hydrogen-bond donors (Lipinski definition) is 1. The van der Waals surface area contributed by atoms with Gasteiger partial charge in [0.1, 0.15) is 23.1 Å². The minimum atomic E-state index is -3.32. The van der Waals surface area contributed by atoms with E-state index in [2.05, 4.69) is 10.3 Å². The molecule has 1 aromatic carbocycles. The molecular weight excluding hydrogens is 276 g/mol. The highest BCUT2D eigenvalue weighted by Gasteiger charge is 2.25. The number of para-hydroxylation sites is 1. The van der Waals surface area contributed by atoms with Gasteiger partial charge in [0.15, 0.2) is 9.84 Å². The predicted molar refractivity (Wildman–Crippen MR) is 75.6 cm³/mol. The third kappa shape index (κ3) is 2.34. The van der Waals surface area contributed by atoms with Gasteiger partial charge in [0.05, 0.1) is 6.04 Å². The smallest absolute Gasteiger partial charge is 0.179 e. The summed E-state index contributed by atoms with van der Waals surface area (Å²) >= 11 is 0. The number of aromatic nitrogens is 1. The summed E-state index contributed by atoms with van der Waals surface area (Å²) in [5, 5.41) is 3.16. The van der Waals surface area contributed by atoms with Crippen molar-refractivity contribution in [1.82, 2.24) is 4.98 Å². The van der Waals surface area contributed by atoms with Crippen molar-refractivity contribution in [3.63, 3.8) is 0 Å². The van der Waals surface area contributed by atoms with Crippen molar-refractivity contribution in [2.24, 2.45) is 0 Å². The van der Waals surface area contributed by atoms with Gasteiger partial charge in [0.25, 0.3) is 0 Å². The molecule has 2 aromatic rings. The van der Waals surface area contributed by atoms with Crippen LogP contribution in [-0.4, -0.2) is 26.3 Å². The van der Waals surface area contributed by atoms with Crippen LogP contribution in [0.15, 0.2) is 47.5 Å². The summed E-state index contributed by atoms with van der Waals surface area (Å²) in [6, 6.07) is 10.8. The molecule has 0 fully saturated rings. The molecule has 0 aliphatic carbocycles. The summed E-state index contributed by atoms with van der Waals surface area (Å²) in [7, 11) is -3.32. The molecule has 0 bridgehead atoms. The maximum absolute atomic E-state index is 11.8. The first-order valence-electron chi connectivity index (χ1n) is 6.19. The number of anilines is 1. The van der Waals surface area contributed by atoms with Crippen LogP contribution in [0.5, 0.6) is 5.75 Å². The van der Waals surface area contributed by atoms with E-state index in [0.717, 1.165) is 11.3 Å². The first-order valence-corrected chi connectivity index (χ1v) is 8.08. The van der Waals surface area contributed by atoms with Gasteiger partial charge in [0, 0.05) is 18.0 Å². The first-order chi connectivity index (χ1) is 9.55. The second kappa shape index (κ2) is 4.79. The van der Waals surface area contributed by atoms with Crippen LogP contribution in [0.3, 0.4) is 0 Å². The van der Waals surface area contributed by atoms with Gasteiger partial charge in [-0.25, -0.2) is 13.4 Å². The Morgan fingerprint density at radius 2 is 2.05 bits per heavy atom. The van der Waals surface area contributed by atoms with Gasteiger partial charge in [-0.3, -0.25) is 0 Å². The van der Waals surface area contributed by atoms with Crippen molar-refractivity contribution in [2.75, 3.05) is 18.2 Å². The number of rotatable bonds is 3. The van der Waals surface area contributed by atoms with E-state index in [9.17, 15) is 8.42 Å². The van der Waals surface area contributed by atoms with Gasteiger partial charge in [-0.1, -0.05) is 18.2 Å². The van der Waals surface area contributed by atoms with E-state index in [4.69, 9.17) is 4.74 Å². The maximum atomic E-state index is 11.8. The molecule has 1 aliphatic heterocycles. The molecular formula is C14H14N2O3S. The normalized spacial score (nSPS) is 17.4. The van der Waals surface area contributed by atoms with Crippen LogP contribution in [-0.2, 0) is 9.84 Å². The van der Waals surface area contributed by atoms with Gasteiger partial charge < -0.3 is 10.1 Å². The standard InChI is InChI=1S/C14H14N2O3S/c1-20(17,18)13-7-4-8-15-14(13)16-11-9-19-12-6-3-2-5-10(11)12/h2-8,11H,9H2,1H3,(H,15,16). The van der Waals surface area contributed by atoms with E-state index >= 15 is 0 Å². The molecule has 0 radical (unpaired) electrons. The van der Waals surface area contributed by atoms with Crippen LogP contribution in [0, 0.1) is 0 Å². The van der Waals surface area contributed by atoms with Crippen LogP contribution in [0.1, 0.15) is 11.6 Å². The van der Waals surface area contributed by atoms with Crippen LogP contribution in [0.4, 0.5) is 5.82 Å². The van der Waals surface area contributed by atoms with E-state index in [-0.39, 0.29) is 10.9 Å². The van der Waals surface area contributed by atoms with Crippen molar-refractivity contribution in [1.29, 1.82) is 0 Å². The Labute approximate surface area is 117 Å². The lowest BCUT2D eigenvalue weighted by Crippen LogP contribution is -2.15. The van der Waals surface area contributed by atoms with E-state index in [1.54, 1.807) is 18.3 Å². The Kier molecular flexibility index (Phi) is 3.10. The quantitative estimate of drug-likeness (QED) is 0.936. The molecule has 0 saturated heterocycles. The number of nitrogens with zero attached hydrogens (tertiary/aromatic N) is 1. The molecule has 1 aromatic heterocycles. The van der Waals surface area contributed by atoms with E-state index in [0.29, 0.717) is 12.4 Å². The maximum Gasteiger partial charge on any atom is 0.179 e. The van der Waals surface area contributed by atoms with Gasteiger partial charge in [-0.05, 0) is 18.2 Å². The van der Waals surface area contributed by atoms with Crippen molar-refractivity contribution in [2.45, 2.75) is 10.9 Å². The SMILES string of the molecule is CS(=O)(=O)c1cccnc1NC1COc2ccccc21. The van der Waals surface area contributed by atoms with Crippen molar-refractivity contribution >= 4 is 15.7 Å². The highest BCUT2D eigenvalue weighted by atomic mass is 32.2. The molecule has 5 nitrogen and oxygen atoms in total. The summed E-state index contributed by atoms with van der Waals surface area (Å²) in [5.41, 5.74) is 1.01. The molecule has 0 spiro atoms. The number of hydrogen-bond acceptors (Lipinski definition) is 5. The molecule has 0 saturated carbocycles. The average Bonchev–Trinajstić information content (AvgIpc) is 2.82. The first kappa shape index (κ1) is 12.9. The molecule has 20 heavy (non-hydrogen) atoms. The largest absolute Gasteiger partial charge is 0.491 e. The third-order valence-corrected chi connectivity index (χ3v) is 4.31. The van der Waals surface area contributed by atoms with Gasteiger partial charge in [-0.2, -0.15) is 0 Å². The predicted octanol–water partition coefficient (Wildman–Crippen LogP) is 2.03. The number of fused-ring (bicyclic) bond motifs is 1. The Hall–Kier alpha value is -2.08. The van der Waals surface area contributed by atoms with Crippen LogP contribution in [0.2, 0.25) is 0 Å². The monoisotopic (exact) mass is 290 g/mol. The molecule has 1 aliphatic rings. The zero-order valence-electron chi connectivity index (χ0n) is 10.9. The van der Waals surface area contributed by atoms with Crippen LogP contribution < -0.4 is 10.1 Å². The molecule has 0 amide bonds. The Balaban J connectivity index is 1.94. The summed E-state index contributed by atoms with van der Waals surface area (Å²) in [6.45, 7) is 0.457. The number of sulfone groups is 1. The second-order valence-corrected chi connectivity index (χ2v) is 6.65. The second-order valence-electron chi connectivity index (χ2n) is 4.67. The Morgan fingerprint density at radius 3 is 2.85 bits per heavy atom. The highest BCUT2D eigenvalue weighted by molar-refractivity contribution is 7.90. The van der Waals surface area contributed by atoms with E-state index < -0.39 is 9.84 Å². The van der Waals surface area contributed by atoms with Crippen molar-refractivity contribution in [3.05, 3.63) is 48.2 Å². The zero-order chi connectivity index (χ0) is 14.2. The lowest BCUT2D eigenvalue weighted by Gasteiger charge is -2.14. The number of pyridine rings is 1. The van der Waals surface area contributed by atoms with Crippen molar-refractivity contribution < 1.29 is 13.2 Å². The molecule has 2 heterocycles. The van der Waals surface area contributed by atoms with Crippen LogP contribution >= 0.6 is 0 Å². The van der Waals surface area contributed by atoms with Gasteiger partial charge >= 0.3 is 0 Å². The molecule has 104 valence electrons. The lowest BCUT2D eigenvalue weighted by molar-refractivity contribution is 0.339. The Bertz CT molecular complexity index is 744. The summed E-state index contributed by atoms with van der Waals surface area (Å²) in [4.78, 5) is 4.33. The van der Waals surface area contributed by atoms with E-state index in [1.165, 1.54) is 6.26 Å². The number of ether oxygens (including phenoxy) is 1. The average molecular weight is 290 g/mol. The summed E-state index contributed by atoms with van der Waals surface area (Å²) in [6.07, 6.45) is 2.74. The van der Waals surface area contributed by atoms with Gasteiger partial charge in [0.2, 0.25) is 0 Å². The molecule has 3 rings (SSSR count).